The van der Waals surface area contributed by atoms with Gasteiger partial charge in [0.25, 0.3) is 0 Å². The van der Waals surface area contributed by atoms with Crippen molar-refractivity contribution in [3.63, 3.8) is 0 Å². The van der Waals surface area contributed by atoms with E-state index in [1.807, 2.05) is 26.8 Å². The molecule has 0 bridgehead atoms. The highest BCUT2D eigenvalue weighted by molar-refractivity contribution is 5.73. The van der Waals surface area contributed by atoms with Gasteiger partial charge in [-0.05, 0) is 23.1 Å². The normalized spacial score (nSPS) is 11.7. The molecule has 5 nitrogen and oxygen atoms in total. The predicted molar refractivity (Wildman–Crippen MR) is 70.5 cm³/mol. The van der Waals surface area contributed by atoms with Gasteiger partial charge in [0.1, 0.15) is 5.82 Å². The molecule has 1 aromatic heterocycles. The summed E-state index contributed by atoms with van der Waals surface area (Å²) in [6.07, 6.45) is 0. The molecular weight excluding hydrogens is 230 g/mol. The van der Waals surface area contributed by atoms with Gasteiger partial charge in [-0.15, -0.1) is 0 Å². The van der Waals surface area contributed by atoms with E-state index in [9.17, 15) is 10.2 Å². The highest BCUT2D eigenvalue weighted by Crippen LogP contribution is 2.40. The summed E-state index contributed by atoms with van der Waals surface area (Å²) < 4.78 is 0. The Morgan fingerprint density at radius 2 is 1.83 bits per heavy atom. The van der Waals surface area contributed by atoms with Crippen LogP contribution < -0.4 is 5.73 Å². The van der Waals surface area contributed by atoms with E-state index < -0.39 is 0 Å². The van der Waals surface area contributed by atoms with Crippen molar-refractivity contribution in [2.45, 2.75) is 26.2 Å². The molecule has 0 amide bonds. The van der Waals surface area contributed by atoms with Gasteiger partial charge < -0.3 is 15.9 Å². The maximum absolute atomic E-state index is 9.91. The van der Waals surface area contributed by atoms with Crippen LogP contribution in [0.25, 0.3) is 11.3 Å². The minimum Gasteiger partial charge on any atom is -0.504 e. The van der Waals surface area contributed by atoms with E-state index in [1.54, 1.807) is 12.1 Å². The highest BCUT2D eigenvalue weighted by atomic mass is 16.3. The number of anilines is 1. The number of phenols is 2. The van der Waals surface area contributed by atoms with E-state index in [0.717, 1.165) is 5.56 Å². The molecule has 0 saturated carbocycles. The molecule has 5 N–H and O–H groups in total. The Hall–Kier alpha value is -2.17. The van der Waals surface area contributed by atoms with Crippen LogP contribution in [0, 0.1) is 0 Å². The number of aromatic nitrogens is 2. The van der Waals surface area contributed by atoms with Crippen LogP contribution in [0.4, 0.5) is 5.82 Å². The molecule has 18 heavy (non-hydrogen) atoms. The fourth-order valence-electron chi connectivity index (χ4n) is 1.73. The van der Waals surface area contributed by atoms with Gasteiger partial charge in [-0.2, -0.15) is 5.10 Å². The molecule has 0 aliphatic heterocycles. The smallest absolute Gasteiger partial charge is 0.167 e. The first kappa shape index (κ1) is 12.3. The first-order valence-electron chi connectivity index (χ1n) is 5.67. The van der Waals surface area contributed by atoms with Crippen LogP contribution in [0.2, 0.25) is 0 Å². The average molecular weight is 247 g/mol. The minimum absolute atomic E-state index is 0.133. The number of nitrogens with two attached hydrogens (primary N) is 1. The van der Waals surface area contributed by atoms with Crippen LogP contribution in [0.5, 0.6) is 11.5 Å². The van der Waals surface area contributed by atoms with Crippen LogP contribution in [0.15, 0.2) is 18.2 Å². The summed E-state index contributed by atoms with van der Waals surface area (Å²) in [5.74, 6) is 0.0160. The third kappa shape index (κ3) is 2.11. The summed E-state index contributed by atoms with van der Waals surface area (Å²) in [5, 5.41) is 26.2. The number of nitrogen functional groups attached to an aromatic ring is 1. The van der Waals surface area contributed by atoms with E-state index in [2.05, 4.69) is 10.2 Å². The van der Waals surface area contributed by atoms with Crippen molar-refractivity contribution in [3.8, 4) is 22.8 Å². The molecule has 1 aromatic carbocycles. The number of nitrogens with one attached hydrogen (secondary N) is 1. The molecule has 0 fully saturated rings. The Morgan fingerprint density at radius 3 is 2.33 bits per heavy atom. The quantitative estimate of drug-likeness (QED) is 0.582. The SMILES string of the molecule is CC(C)(C)c1cc(O)c(O)c(-c2cc(N)n[nH]2)c1. The summed E-state index contributed by atoms with van der Waals surface area (Å²) >= 11 is 0. The fourth-order valence-corrected chi connectivity index (χ4v) is 1.73. The van der Waals surface area contributed by atoms with Gasteiger partial charge in [0.05, 0.1) is 5.69 Å². The van der Waals surface area contributed by atoms with Gasteiger partial charge >= 0.3 is 0 Å². The van der Waals surface area contributed by atoms with Gasteiger partial charge in [-0.3, -0.25) is 5.10 Å². The monoisotopic (exact) mass is 247 g/mol. The Morgan fingerprint density at radius 1 is 1.17 bits per heavy atom. The molecule has 2 rings (SSSR count). The van der Waals surface area contributed by atoms with Crippen molar-refractivity contribution in [2.24, 2.45) is 0 Å². The maximum Gasteiger partial charge on any atom is 0.167 e. The highest BCUT2D eigenvalue weighted by Gasteiger charge is 2.20. The first-order chi connectivity index (χ1) is 8.29. The minimum atomic E-state index is -0.174. The third-order valence-corrected chi connectivity index (χ3v) is 2.84. The molecule has 2 aromatic rings. The molecule has 0 atom stereocenters. The van der Waals surface area contributed by atoms with Crippen LogP contribution in [0.1, 0.15) is 26.3 Å². The molecule has 0 radical (unpaired) electrons. The number of aromatic hydroxyl groups is 2. The van der Waals surface area contributed by atoms with Crippen LogP contribution >= 0.6 is 0 Å². The van der Waals surface area contributed by atoms with Gasteiger partial charge in [0.2, 0.25) is 0 Å². The number of hydrogen-bond acceptors (Lipinski definition) is 4. The number of hydrogen-bond donors (Lipinski definition) is 4. The van der Waals surface area contributed by atoms with E-state index in [-0.39, 0.29) is 16.9 Å². The molecule has 0 saturated heterocycles. The lowest BCUT2D eigenvalue weighted by molar-refractivity contribution is 0.403. The molecule has 96 valence electrons. The Labute approximate surface area is 105 Å². The summed E-state index contributed by atoms with van der Waals surface area (Å²) in [6, 6.07) is 5.00. The third-order valence-electron chi connectivity index (χ3n) is 2.84. The Balaban J connectivity index is 2.63. The maximum atomic E-state index is 9.91. The summed E-state index contributed by atoms with van der Waals surface area (Å²) in [5.41, 5.74) is 7.39. The summed E-state index contributed by atoms with van der Waals surface area (Å²) in [4.78, 5) is 0. The van der Waals surface area contributed by atoms with Crippen molar-refractivity contribution < 1.29 is 10.2 Å². The lowest BCUT2D eigenvalue weighted by atomic mass is 9.85. The van der Waals surface area contributed by atoms with Gasteiger partial charge in [-0.25, -0.2) is 0 Å². The van der Waals surface area contributed by atoms with Gasteiger partial charge in [0.15, 0.2) is 11.5 Å². The lowest BCUT2D eigenvalue weighted by Crippen LogP contribution is -2.11. The number of rotatable bonds is 1. The lowest BCUT2D eigenvalue weighted by Gasteiger charge is -2.20. The molecule has 0 spiro atoms. The predicted octanol–water partition coefficient (Wildman–Crippen LogP) is 2.37. The second-order valence-electron chi connectivity index (χ2n) is 5.35. The van der Waals surface area contributed by atoms with Crippen molar-refractivity contribution in [1.82, 2.24) is 10.2 Å². The van der Waals surface area contributed by atoms with Crippen LogP contribution in [-0.4, -0.2) is 20.4 Å². The largest absolute Gasteiger partial charge is 0.504 e. The zero-order chi connectivity index (χ0) is 13.5. The van der Waals surface area contributed by atoms with Crippen LogP contribution in [0.3, 0.4) is 0 Å². The molecule has 1 heterocycles. The van der Waals surface area contributed by atoms with Gasteiger partial charge in [-0.1, -0.05) is 20.8 Å². The Kier molecular flexibility index (Phi) is 2.69. The molecule has 5 heteroatoms. The molecule has 0 aliphatic carbocycles. The zero-order valence-corrected chi connectivity index (χ0v) is 10.7. The van der Waals surface area contributed by atoms with Crippen molar-refractivity contribution in [1.29, 1.82) is 0 Å². The number of nitrogens with zero attached hydrogens (tertiary/aromatic N) is 1. The van der Waals surface area contributed by atoms with Crippen molar-refractivity contribution >= 4 is 5.82 Å². The number of benzene rings is 1. The van der Waals surface area contributed by atoms with E-state index >= 15 is 0 Å². The second kappa shape index (κ2) is 3.94. The zero-order valence-electron chi connectivity index (χ0n) is 10.7. The van der Waals surface area contributed by atoms with E-state index in [0.29, 0.717) is 17.1 Å². The van der Waals surface area contributed by atoms with Crippen molar-refractivity contribution in [3.05, 3.63) is 23.8 Å². The fraction of sp³-hybridized carbons (Fsp3) is 0.308. The van der Waals surface area contributed by atoms with Crippen LogP contribution in [-0.2, 0) is 5.41 Å². The molecule has 0 aliphatic rings. The van der Waals surface area contributed by atoms with E-state index in [1.165, 1.54) is 0 Å². The Bertz CT molecular complexity index is 582. The number of aromatic amines is 1. The number of phenolic OH excluding ortho intramolecular Hbond substituents is 2. The topological polar surface area (TPSA) is 95.2 Å². The molecule has 0 unspecified atom stereocenters. The van der Waals surface area contributed by atoms with E-state index in [4.69, 9.17) is 5.73 Å². The summed E-state index contributed by atoms with van der Waals surface area (Å²) in [7, 11) is 0. The second-order valence-corrected chi connectivity index (χ2v) is 5.35. The van der Waals surface area contributed by atoms with Gasteiger partial charge in [0, 0.05) is 11.6 Å². The first-order valence-corrected chi connectivity index (χ1v) is 5.67. The number of H-pyrrole nitrogens is 1. The van der Waals surface area contributed by atoms with Crippen molar-refractivity contribution in [2.75, 3.05) is 5.73 Å². The summed E-state index contributed by atoms with van der Waals surface area (Å²) in [6.45, 7) is 6.09. The average Bonchev–Trinajstić information content (AvgIpc) is 2.67. The standard InChI is InChI=1S/C13H17N3O2/c1-13(2,3)7-4-8(12(18)10(17)5-7)9-6-11(14)16-15-9/h4-6,17-18H,1-3H3,(H3,14,15,16). The molecular formula is C13H17N3O2.